The predicted octanol–water partition coefficient (Wildman–Crippen LogP) is 4.33. The monoisotopic (exact) mass is 572 g/mol. The molecule has 41 heavy (non-hydrogen) atoms. The van der Waals surface area contributed by atoms with Crippen LogP contribution in [0.5, 0.6) is 11.5 Å². The quantitative estimate of drug-likeness (QED) is 0.310. The molecule has 3 rings (SSSR count). The molecule has 1 saturated heterocycles. The number of ether oxygens (including phenoxy) is 6. The molecule has 2 unspecified atom stereocenters. The summed E-state index contributed by atoms with van der Waals surface area (Å²) in [6, 6.07) is 15.4. The van der Waals surface area contributed by atoms with Gasteiger partial charge in [-0.3, -0.25) is 0 Å². The summed E-state index contributed by atoms with van der Waals surface area (Å²) in [6.45, 7) is 10.0. The molecule has 2 aromatic rings. The van der Waals surface area contributed by atoms with E-state index in [9.17, 15) is 14.4 Å². The molecule has 3 atom stereocenters. The van der Waals surface area contributed by atoms with Crippen LogP contribution in [0.2, 0.25) is 0 Å². The molecule has 1 heterocycles. The van der Waals surface area contributed by atoms with E-state index in [1.807, 2.05) is 55.5 Å². The zero-order valence-corrected chi connectivity index (χ0v) is 24.3. The smallest absolute Gasteiger partial charge is 0.413 e. The zero-order valence-electron chi connectivity index (χ0n) is 24.3. The Balaban J connectivity index is 1.53. The van der Waals surface area contributed by atoms with Crippen molar-refractivity contribution >= 4 is 18.2 Å². The molecule has 0 saturated carbocycles. The fourth-order valence-electron chi connectivity index (χ4n) is 3.99. The molecule has 1 aliphatic rings. The van der Waals surface area contributed by atoms with Crippen molar-refractivity contribution in [2.75, 3.05) is 32.9 Å². The van der Waals surface area contributed by atoms with E-state index in [0.29, 0.717) is 31.3 Å². The summed E-state index contributed by atoms with van der Waals surface area (Å²) in [5, 5.41) is 2.56. The van der Waals surface area contributed by atoms with Crippen molar-refractivity contribution < 1.29 is 42.8 Å². The van der Waals surface area contributed by atoms with Crippen LogP contribution in [0.25, 0.3) is 0 Å². The molecule has 0 aromatic heterocycles. The van der Waals surface area contributed by atoms with Crippen LogP contribution in [0.3, 0.4) is 0 Å². The van der Waals surface area contributed by atoms with E-state index >= 15 is 0 Å². The highest BCUT2D eigenvalue weighted by Crippen LogP contribution is 2.27. The van der Waals surface area contributed by atoms with Crippen molar-refractivity contribution in [1.82, 2.24) is 10.2 Å². The van der Waals surface area contributed by atoms with Crippen LogP contribution in [-0.2, 0) is 30.2 Å². The number of benzene rings is 2. The van der Waals surface area contributed by atoms with Crippen LogP contribution >= 0.6 is 0 Å². The van der Waals surface area contributed by atoms with Crippen molar-refractivity contribution in [3.05, 3.63) is 60.2 Å². The summed E-state index contributed by atoms with van der Waals surface area (Å²) in [7, 11) is 0. The van der Waals surface area contributed by atoms with Crippen LogP contribution < -0.4 is 14.8 Å². The maximum atomic E-state index is 13.0. The summed E-state index contributed by atoms with van der Waals surface area (Å²) < 4.78 is 33.3. The average molecular weight is 573 g/mol. The summed E-state index contributed by atoms with van der Waals surface area (Å²) in [5.74, 6) is 0.453. The number of amides is 2. The van der Waals surface area contributed by atoms with Crippen LogP contribution in [0.15, 0.2) is 54.6 Å². The largest absolute Gasteiger partial charge is 0.490 e. The number of rotatable bonds is 11. The number of nitrogens with zero attached hydrogens (tertiary/aromatic N) is 1. The highest BCUT2D eigenvalue weighted by Gasteiger charge is 2.30. The van der Waals surface area contributed by atoms with Gasteiger partial charge in [0.05, 0.1) is 19.8 Å². The topological polar surface area (TPSA) is 122 Å². The lowest BCUT2D eigenvalue weighted by atomic mass is 10.1. The average Bonchev–Trinajstić information content (AvgIpc) is 2.92. The van der Waals surface area contributed by atoms with Crippen LogP contribution in [0.1, 0.15) is 40.2 Å². The fraction of sp³-hybridized carbons (Fsp3) is 0.500. The first-order valence-electron chi connectivity index (χ1n) is 13.7. The molecular formula is C30H40N2O9. The molecule has 11 heteroatoms. The molecule has 1 aliphatic heterocycles. The van der Waals surface area contributed by atoms with Gasteiger partial charge in [-0.25, -0.2) is 14.4 Å². The summed E-state index contributed by atoms with van der Waals surface area (Å²) in [6.07, 6.45) is -2.85. The van der Waals surface area contributed by atoms with Gasteiger partial charge in [0, 0.05) is 19.9 Å². The molecule has 2 amide bonds. The Labute approximate surface area is 241 Å². The van der Waals surface area contributed by atoms with Crippen molar-refractivity contribution in [2.45, 2.75) is 65.1 Å². The van der Waals surface area contributed by atoms with Crippen molar-refractivity contribution in [3.63, 3.8) is 0 Å². The van der Waals surface area contributed by atoms with E-state index in [4.69, 9.17) is 28.4 Å². The van der Waals surface area contributed by atoms with Gasteiger partial charge in [-0.05, 0) is 45.4 Å². The van der Waals surface area contributed by atoms with Gasteiger partial charge < -0.3 is 38.6 Å². The first-order chi connectivity index (χ1) is 19.5. The first-order valence-corrected chi connectivity index (χ1v) is 13.7. The third-order valence-electron chi connectivity index (χ3n) is 5.78. The third kappa shape index (κ3) is 10.8. The van der Waals surface area contributed by atoms with Gasteiger partial charge in [-0.2, -0.15) is 0 Å². The molecule has 0 bridgehead atoms. The Hall–Kier alpha value is -3.99. The number of esters is 1. The number of carbonyl (C=O) groups is 3. The normalized spacial score (nSPS) is 16.6. The highest BCUT2D eigenvalue weighted by molar-refractivity contribution is 5.82. The van der Waals surface area contributed by atoms with Gasteiger partial charge >= 0.3 is 18.2 Å². The van der Waals surface area contributed by atoms with Gasteiger partial charge in [0.25, 0.3) is 0 Å². The summed E-state index contributed by atoms with van der Waals surface area (Å²) >= 11 is 0. The van der Waals surface area contributed by atoms with Gasteiger partial charge in [0.2, 0.25) is 6.29 Å². The molecule has 0 spiro atoms. The number of nitrogens with one attached hydrogen (secondary N) is 1. The van der Waals surface area contributed by atoms with E-state index < -0.39 is 42.2 Å². The molecule has 224 valence electrons. The molecule has 0 aliphatic carbocycles. The lowest BCUT2D eigenvalue weighted by Crippen LogP contribution is -2.49. The van der Waals surface area contributed by atoms with Gasteiger partial charge in [-0.15, -0.1) is 0 Å². The van der Waals surface area contributed by atoms with Crippen molar-refractivity contribution in [1.29, 1.82) is 0 Å². The van der Waals surface area contributed by atoms with Crippen LogP contribution in [0.4, 0.5) is 9.59 Å². The minimum atomic E-state index is -1.20. The van der Waals surface area contributed by atoms with Crippen LogP contribution in [-0.4, -0.2) is 80.0 Å². The molecular weight excluding hydrogens is 532 g/mol. The Morgan fingerprint density at radius 1 is 1.00 bits per heavy atom. The number of morpholine rings is 1. The Morgan fingerprint density at radius 2 is 1.66 bits per heavy atom. The predicted molar refractivity (Wildman–Crippen MR) is 150 cm³/mol. The summed E-state index contributed by atoms with van der Waals surface area (Å²) in [4.78, 5) is 39.7. The maximum absolute atomic E-state index is 13.0. The summed E-state index contributed by atoms with van der Waals surface area (Å²) in [5.41, 5.74) is 0.0579. The lowest BCUT2D eigenvalue weighted by molar-refractivity contribution is -0.169. The number of para-hydroxylation sites is 2. The first kappa shape index (κ1) is 31.5. The third-order valence-corrected chi connectivity index (χ3v) is 5.78. The van der Waals surface area contributed by atoms with Crippen molar-refractivity contribution in [2.24, 2.45) is 0 Å². The highest BCUT2D eigenvalue weighted by atomic mass is 16.7. The van der Waals surface area contributed by atoms with Gasteiger partial charge in [0.15, 0.2) is 11.5 Å². The van der Waals surface area contributed by atoms with Crippen LogP contribution in [0, 0.1) is 0 Å². The van der Waals surface area contributed by atoms with E-state index in [1.165, 1.54) is 11.8 Å². The second-order valence-corrected chi connectivity index (χ2v) is 10.4. The number of alkyl carbamates (subject to hydrolysis) is 1. The zero-order chi connectivity index (χ0) is 29.8. The Bertz CT molecular complexity index is 1140. The Morgan fingerprint density at radius 3 is 2.32 bits per heavy atom. The standard InChI is InChI=1S/C30H40N2O9/c1-6-36-25-14-10-11-15-26(25)38-20-23-19-32(16-17-37-23)29(35)40-21(2)39-27(33)24(18-22-12-8-7-9-13-22)31-28(34)41-30(3,4)5/h7-15,21,23-24H,6,16-20H2,1-5H3,(H,31,34)/t21?,23?,24-/m0/s1. The van der Waals surface area contributed by atoms with Gasteiger partial charge in [0.1, 0.15) is 24.4 Å². The van der Waals surface area contributed by atoms with E-state index in [0.717, 1.165) is 5.56 Å². The second kappa shape index (κ2) is 15.1. The SMILES string of the molecule is CCOc1ccccc1OCC1CN(C(=O)OC(C)OC(=O)[C@H](Cc2ccccc2)NC(=O)OC(C)(C)C)CCO1. The number of carbonyl (C=O) groups excluding carboxylic acids is 3. The van der Waals surface area contributed by atoms with E-state index in [2.05, 4.69) is 5.32 Å². The van der Waals surface area contributed by atoms with Gasteiger partial charge in [-0.1, -0.05) is 42.5 Å². The number of hydrogen-bond donors (Lipinski definition) is 1. The molecule has 1 N–H and O–H groups in total. The minimum Gasteiger partial charge on any atom is -0.490 e. The molecule has 1 fully saturated rings. The number of hydrogen-bond acceptors (Lipinski definition) is 9. The lowest BCUT2D eigenvalue weighted by Gasteiger charge is -2.32. The fourth-order valence-corrected chi connectivity index (χ4v) is 3.99. The molecule has 0 radical (unpaired) electrons. The Kier molecular flexibility index (Phi) is 11.6. The molecule has 11 nitrogen and oxygen atoms in total. The van der Waals surface area contributed by atoms with Crippen molar-refractivity contribution in [3.8, 4) is 11.5 Å². The minimum absolute atomic E-state index is 0.164. The van der Waals surface area contributed by atoms with E-state index in [1.54, 1.807) is 26.8 Å². The maximum Gasteiger partial charge on any atom is 0.413 e. The second-order valence-electron chi connectivity index (χ2n) is 10.4. The van der Waals surface area contributed by atoms with E-state index in [-0.39, 0.29) is 19.6 Å². The molecule has 2 aromatic carbocycles.